The van der Waals surface area contributed by atoms with Crippen LogP contribution in [0.15, 0.2) is 36.9 Å². The monoisotopic (exact) mass is 238 g/mol. The number of pyridine rings is 2. The predicted octanol–water partition coefficient (Wildman–Crippen LogP) is 1.48. The van der Waals surface area contributed by atoms with Crippen molar-refractivity contribution in [3.8, 4) is 0 Å². The highest BCUT2D eigenvalue weighted by Crippen LogP contribution is 1.99. The fourth-order valence-electron chi connectivity index (χ4n) is 0.996. The average Bonchev–Trinajstić information content (AvgIpc) is 2.29. The van der Waals surface area contributed by atoms with Gasteiger partial charge in [0.2, 0.25) is 0 Å². The molecule has 0 unspecified atom stereocenters. The number of hydrogen-bond acceptors (Lipinski definition) is 4. The summed E-state index contributed by atoms with van der Waals surface area (Å²) in [6.45, 7) is 0.338. The van der Waals surface area contributed by atoms with E-state index in [9.17, 15) is 8.78 Å². The zero-order valence-electron chi connectivity index (χ0n) is 8.98. The van der Waals surface area contributed by atoms with Crippen molar-refractivity contribution in [1.82, 2.24) is 9.97 Å². The zero-order chi connectivity index (χ0) is 12.7. The van der Waals surface area contributed by atoms with Gasteiger partial charge >= 0.3 is 0 Å². The zero-order valence-corrected chi connectivity index (χ0v) is 8.98. The molecule has 0 radical (unpaired) electrons. The van der Waals surface area contributed by atoms with Gasteiger partial charge < -0.3 is 11.5 Å². The maximum absolute atomic E-state index is 12.2. The van der Waals surface area contributed by atoms with Crippen molar-refractivity contribution in [3.63, 3.8) is 0 Å². The number of nitrogen functional groups attached to an aromatic ring is 1. The summed E-state index contributed by atoms with van der Waals surface area (Å²) in [5, 5.41) is 0. The first-order valence-electron chi connectivity index (χ1n) is 4.77. The maximum atomic E-state index is 12.2. The van der Waals surface area contributed by atoms with Crippen molar-refractivity contribution in [3.05, 3.63) is 54.1 Å². The molecule has 4 nitrogen and oxygen atoms in total. The molecule has 0 saturated heterocycles. The summed E-state index contributed by atoms with van der Waals surface area (Å²) < 4.78 is 24.3. The molecule has 0 aliphatic rings. The second kappa shape index (κ2) is 6.49. The molecule has 0 bridgehead atoms. The van der Waals surface area contributed by atoms with E-state index in [4.69, 9.17) is 11.5 Å². The minimum atomic E-state index is -0.398. The van der Waals surface area contributed by atoms with Crippen LogP contribution in [0.5, 0.6) is 0 Å². The molecule has 2 aromatic heterocycles. The summed E-state index contributed by atoms with van der Waals surface area (Å²) >= 11 is 0. The highest BCUT2D eigenvalue weighted by molar-refractivity contribution is 5.33. The van der Waals surface area contributed by atoms with Gasteiger partial charge in [-0.25, -0.2) is 8.78 Å². The van der Waals surface area contributed by atoms with E-state index >= 15 is 0 Å². The molecular weight excluding hydrogens is 226 g/mol. The van der Waals surface area contributed by atoms with Crippen LogP contribution in [-0.4, -0.2) is 9.97 Å². The lowest BCUT2D eigenvalue weighted by atomic mass is 10.3. The Morgan fingerprint density at radius 1 is 0.941 bits per heavy atom. The van der Waals surface area contributed by atoms with E-state index in [1.165, 1.54) is 18.3 Å². The van der Waals surface area contributed by atoms with Gasteiger partial charge in [0.1, 0.15) is 11.6 Å². The summed E-state index contributed by atoms with van der Waals surface area (Å²) in [6.07, 6.45) is 5.20. The number of rotatable bonds is 1. The maximum Gasteiger partial charge on any atom is 0.143 e. The standard InChI is InChI=1S/C6H7FN2.C5H5FN2/c7-6-1-5(2-8)3-9-4-6;6-4-1-5(7)3-8-2-4/h1,3-4H,2,8H2;1-3H,7H2. The van der Waals surface area contributed by atoms with Crippen LogP contribution < -0.4 is 11.5 Å². The van der Waals surface area contributed by atoms with E-state index in [2.05, 4.69) is 9.97 Å². The quantitative estimate of drug-likeness (QED) is 0.788. The van der Waals surface area contributed by atoms with Gasteiger partial charge in [-0.3, -0.25) is 9.97 Å². The van der Waals surface area contributed by atoms with Crippen molar-refractivity contribution in [2.75, 3.05) is 5.73 Å². The van der Waals surface area contributed by atoms with Gasteiger partial charge in [0, 0.05) is 18.9 Å². The van der Waals surface area contributed by atoms with Crippen LogP contribution in [0.1, 0.15) is 5.56 Å². The number of nitrogens with zero attached hydrogens (tertiary/aromatic N) is 2. The Balaban J connectivity index is 0.000000171. The molecule has 2 rings (SSSR count). The summed E-state index contributed by atoms with van der Waals surface area (Å²) in [6, 6.07) is 2.58. The van der Waals surface area contributed by atoms with Gasteiger partial charge in [-0.15, -0.1) is 0 Å². The Bertz CT molecular complexity index is 459. The molecular formula is C11H12F2N4. The van der Waals surface area contributed by atoms with Crippen LogP contribution in [0.3, 0.4) is 0 Å². The lowest BCUT2D eigenvalue weighted by Gasteiger charge is -1.92. The number of halogens is 2. The second-order valence-corrected chi connectivity index (χ2v) is 3.15. The van der Waals surface area contributed by atoms with Crippen LogP contribution in [-0.2, 0) is 6.54 Å². The summed E-state index contributed by atoms with van der Waals surface area (Å²) in [7, 11) is 0. The average molecular weight is 238 g/mol. The molecule has 90 valence electrons. The minimum Gasteiger partial charge on any atom is -0.397 e. The second-order valence-electron chi connectivity index (χ2n) is 3.15. The Kier molecular flexibility index (Phi) is 4.96. The number of aromatic nitrogens is 2. The van der Waals surface area contributed by atoms with E-state index in [-0.39, 0.29) is 5.82 Å². The van der Waals surface area contributed by atoms with Crippen molar-refractivity contribution in [2.45, 2.75) is 6.54 Å². The molecule has 0 atom stereocenters. The molecule has 2 heterocycles. The van der Waals surface area contributed by atoms with Gasteiger partial charge in [0.25, 0.3) is 0 Å². The number of nitrogens with two attached hydrogens (primary N) is 2. The van der Waals surface area contributed by atoms with E-state index in [0.717, 1.165) is 18.0 Å². The van der Waals surface area contributed by atoms with Crippen LogP contribution in [0.25, 0.3) is 0 Å². The first kappa shape index (κ1) is 13.0. The van der Waals surface area contributed by atoms with Crippen LogP contribution >= 0.6 is 0 Å². The van der Waals surface area contributed by atoms with Gasteiger partial charge in [-0.1, -0.05) is 0 Å². The molecule has 2 aromatic rings. The molecule has 0 aliphatic heterocycles. The highest BCUT2D eigenvalue weighted by Gasteiger charge is 1.90. The van der Waals surface area contributed by atoms with Crippen molar-refractivity contribution >= 4 is 5.69 Å². The molecule has 6 heteroatoms. The van der Waals surface area contributed by atoms with E-state index < -0.39 is 5.82 Å². The Labute approximate surface area is 97.3 Å². The summed E-state index contributed by atoms with van der Waals surface area (Å²) in [4.78, 5) is 7.08. The van der Waals surface area contributed by atoms with Crippen molar-refractivity contribution in [2.24, 2.45) is 5.73 Å². The Morgan fingerprint density at radius 2 is 1.53 bits per heavy atom. The fraction of sp³-hybridized carbons (Fsp3) is 0.0909. The molecule has 0 saturated carbocycles. The summed E-state index contributed by atoms with van der Waals surface area (Å²) in [5.41, 5.74) is 11.4. The Morgan fingerprint density at radius 3 is 1.88 bits per heavy atom. The minimum absolute atomic E-state index is 0.335. The van der Waals surface area contributed by atoms with Crippen LogP contribution in [0, 0.1) is 11.6 Å². The first-order valence-corrected chi connectivity index (χ1v) is 4.77. The van der Waals surface area contributed by atoms with Gasteiger partial charge in [-0.05, 0) is 17.7 Å². The SMILES string of the molecule is NCc1cncc(F)c1.Nc1cncc(F)c1. The van der Waals surface area contributed by atoms with E-state index in [0.29, 0.717) is 12.2 Å². The highest BCUT2D eigenvalue weighted by atomic mass is 19.1. The molecule has 0 aliphatic carbocycles. The largest absolute Gasteiger partial charge is 0.397 e. The number of anilines is 1. The topological polar surface area (TPSA) is 77.8 Å². The first-order chi connectivity index (χ1) is 8.11. The van der Waals surface area contributed by atoms with Crippen molar-refractivity contribution in [1.29, 1.82) is 0 Å². The Hall–Kier alpha value is -2.08. The van der Waals surface area contributed by atoms with Gasteiger partial charge in [0.15, 0.2) is 0 Å². The van der Waals surface area contributed by atoms with Crippen LogP contribution in [0.2, 0.25) is 0 Å². The third-order valence-corrected chi connectivity index (χ3v) is 1.72. The fourth-order valence-corrected chi connectivity index (χ4v) is 0.996. The van der Waals surface area contributed by atoms with Gasteiger partial charge in [0.05, 0.1) is 18.1 Å². The molecule has 0 fully saturated rings. The molecule has 0 aromatic carbocycles. The normalized spacial score (nSPS) is 9.35. The lowest BCUT2D eigenvalue weighted by molar-refractivity contribution is 0.618. The third-order valence-electron chi connectivity index (χ3n) is 1.72. The van der Waals surface area contributed by atoms with E-state index in [1.54, 1.807) is 6.20 Å². The molecule has 17 heavy (non-hydrogen) atoms. The van der Waals surface area contributed by atoms with E-state index in [1.807, 2.05) is 0 Å². The summed E-state index contributed by atoms with van der Waals surface area (Å²) in [5.74, 6) is -0.733. The number of hydrogen-bond donors (Lipinski definition) is 2. The van der Waals surface area contributed by atoms with Crippen LogP contribution in [0.4, 0.5) is 14.5 Å². The molecule has 0 amide bonds. The molecule has 0 spiro atoms. The predicted molar refractivity (Wildman–Crippen MR) is 60.7 cm³/mol. The third kappa shape index (κ3) is 4.98. The lowest BCUT2D eigenvalue weighted by Crippen LogP contribution is -1.96. The van der Waals surface area contributed by atoms with Gasteiger partial charge in [-0.2, -0.15) is 0 Å². The van der Waals surface area contributed by atoms with Crippen molar-refractivity contribution < 1.29 is 8.78 Å². The smallest absolute Gasteiger partial charge is 0.143 e. The molecule has 4 N–H and O–H groups in total.